The van der Waals surface area contributed by atoms with Crippen molar-refractivity contribution in [1.82, 2.24) is 14.6 Å². The summed E-state index contributed by atoms with van der Waals surface area (Å²) in [7, 11) is 1.95. The first-order valence-electron chi connectivity index (χ1n) is 7.71. The fourth-order valence-corrected chi connectivity index (χ4v) is 2.17. The summed E-state index contributed by atoms with van der Waals surface area (Å²) in [6, 6.07) is 11.0. The molecule has 1 N–H and O–H groups in total. The summed E-state index contributed by atoms with van der Waals surface area (Å²) in [5.74, 6) is 0.666. The molecule has 7 nitrogen and oxygen atoms in total. The summed E-state index contributed by atoms with van der Waals surface area (Å²) in [6.07, 6.45) is 4.29. The number of anilines is 1. The molecule has 3 heterocycles. The van der Waals surface area contributed by atoms with E-state index >= 15 is 0 Å². The number of nitriles is 1. The molecule has 3 rings (SSSR count). The van der Waals surface area contributed by atoms with Crippen LogP contribution in [0.5, 0.6) is 5.88 Å². The number of nitrogens with one attached hydrogen (secondary N) is 1. The Morgan fingerprint density at radius 1 is 1.24 bits per heavy atom. The number of aromatic nitrogens is 3. The topological polar surface area (TPSA) is 92.3 Å². The van der Waals surface area contributed by atoms with Crippen molar-refractivity contribution in [2.75, 3.05) is 12.4 Å². The molecule has 25 heavy (non-hydrogen) atoms. The number of carbonyl (C=O) groups is 1. The maximum absolute atomic E-state index is 9.77. The molecule has 0 unspecified atom stereocenters. The minimum atomic E-state index is 0.0824. The van der Waals surface area contributed by atoms with E-state index < -0.39 is 0 Å². The first kappa shape index (κ1) is 17.9. The van der Waals surface area contributed by atoms with Crippen molar-refractivity contribution in [3.63, 3.8) is 0 Å². The minimum absolute atomic E-state index is 0.0824. The number of carbonyl (C=O) groups excluding carboxylic acids is 1. The maximum atomic E-state index is 9.77. The second-order valence-corrected chi connectivity index (χ2v) is 5.47. The van der Waals surface area contributed by atoms with E-state index in [2.05, 4.69) is 69.1 Å². The highest BCUT2D eigenvalue weighted by molar-refractivity contribution is 5.72. The molecule has 7 heteroatoms. The summed E-state index contributed by atoms with van der Waals surface area (Å²) < 4.78 is 6.51. The quantitative estimate of drug-likeness (QED) is 0.736. The van der Waals surface area contributed by atoms with E-state index in [1.807, 2.05) is 7.05 Å². The molecule has 3 aromatic rings. The Morgan fingerprint density at radius 2 is 2.04 bits per heavy atom. The predicted octanol–water partition coefficient (Wildman–Crippen LogP) is 2.99. The smallest absolute Gasteiger partial charge is 0.299 e. The Hall–Kier alpha value is -3.40. The Bertz CT molecular complexity index is 879. The first-order valence-corrected chi connectivity index (χ1v) is 7.71. The highest BCUT2D eigenvalue weighted by Crippen LogP contribution is 2.21. The lowest BCUT2D eigenvalue weighted by Gasteiger charge is -2.06. The second-order valence-electron chi connectivity index (χ2n) is 5.47. The van der Waals surface area contributed by atoms with Crippen LogP contribution in [0.25, 0.3) is 5.52 Å². The van der Waals surface area contributed by atoms with Gasteiger partial charge in [-0.2, -0.15) is 5.26 Å². The molecule has 3 aromatic heterocycles. The van der Waals surface area contributed by atoms with E-state index in [9.17, 15) is 4.79 Å². The Labute approximate surface area is 145 Å². The average molecular weight is 337 g/mol. The van der Waals surface area contributed by atoms with Crippen molar-refractivity contribution in [2.24, 2.45) is 0 Å². The summed E-state index contributed by atoms with van der Waals surface area (Å²) in [5.41, 5.74) is 3.97. The molecule has 0 fully saturated rings. The number of nitrogens with zero attached hydrogens (tertiary/aromatic N) is 4. The standard InChI is InChI=1S/C12H16N2.C6H3N3O2/c1-9(2)10-4-5-12-11(13-3)6-7-14(12)8-10;7-3-5-1-2-6(9-8-5)11-4-10/h4-9,13H,1-3H3;1-2,4H. The number of hydrogen-bond donors (Lipinski definition) is 1. The number of hydrogen-bond acceptors (Lipinski definition) is 6. The fraction of sp³-hybridized carbons (Fsp3) is 0.222. The van der Waals surface area contributed by atoms with Gasteiger partial charge in [-0.05, 0) is 29.7 Å². The minimum Gasteiger partial charge on any atom is -0.408 e. The zero-order valence-corrected chi connectivity index (χ0v) is 14.3. The lowest BCUT2D eigenvalue weighted by atomic mass is 10.1. The molecular weight excluding hydrogens is 318 g/mol. The third-order valence-electron chi connectivity index (χ3n) is 3.54. The molecule has 0 saturated heterocycles. The molecule has 0 atom stereocenters. The second kappa shape index (κ2) is 8.45. The van der Waals surface area contributed by atoms with Crippen LogP contribution in [-0.4, -0.2) is 28.1 Å². The molecule has 0 aromatic carbocycles. The molecule has 0 spiro atoms. The lowest BCUT2D eigenvalue weighted by Crippen LogP contribution is -1.94. The monoisotopic (exact) mass is 337 g/mol. The van der Waals surface area contributed by atoms with Crippen LogP contribution < -0.4 is 10.1 Å². The molecule has 0 aliphatic carbocycles. The van der Waals surface area contributed by atoms with Gasteiger partial charge in [-0.3, -0.25) is 4.79 Å². The number of pyridine rings is 1. The molecule has 0 radical (unpaired) electrons. The van der Waals surface area contributed by atoms with Crippen LogP contribution >= 0.6 is 0 Å². The normalized spacial score (nSPS) is 9.88. The van der Waals surface area contributed by atoms with Gasteiger partial charge in [0.05, 0.1) is 11.2 Å². The van der Waals surface area contributed by atoms with Gasteiger partial charge >= 0.3 is 0 Å². The SMILES string of the molecule is CNc1ccn2cc(C(C)C)ccc12.N#Cc1ccc(OC=O)nn1. The van der Waals surface area contributed by atoms with Gasteiger partial charge in [0.1, 0.15) is 6.07 Å². The van der Waals surface area contributed by atoms with Gasteiger partial charge in [-0.25, -0.2) is 0 Å². The van der Waals surface area contributed by atoms with Gasteiger partial charge in [0.2, 0.25) is 5.88 Å². The highest BCUT2D eigenvalue weighted by Gasteiger charge is 2.03. The van der Waals surface area contributed by atoms with E-state index in [1.165, 1.54) is 28.9 Å². The highest BCUT2D eigenvalue weighted by atomic mass is 16.5. The van der Waals surface area contributed by atoms with Crippen molar-refractivity contribution in [3.05, 3.63) is 54.0 Å². The summed E-state index contributed by atoms with van der Waals surface area (Å²) in [5, 5.41) is 18.3. The van der Waals surface area contributed by atoms with Gasteiger partial charge in [0.25, 0.3) is 6.47 Å². The maximum Gasteiger partial charge on any atom is 0.299 e. The average Bonchev–Trinajstić information content (AvgIpc) is 3.05. The summed E-state index contributed by atoms with van der Waals surface area (Å²) in [4.78, 5) is 9.77. The Kier molecular flexibility index (Phi) is 6.07. The van der Waals surface area contributed by atoms with Crippen molar-refractivity contribution in [1.29, 1.82) is 5.26 Å². The van der Waals surface area contributed by atoms with E-state index in [4.69, 9.17) is 5.26 Å². The molecule has 0 aliphatic heterocycles. The molecule has 0 saturated carbocycles. The molecule has 128 valence electrons. The van der Waals surface area contributed by atoms with Gasteiger partial charge in [0.15, 0.2) is 5.69 Å². The Balaban J connectivity index is 0.000000186. The van der Waals surface area contributed by atoms with Crippen LogP contribution in [-0.2, 0) is 4.79 Å². The number of fused-ring (bicyclic) bond motifs is 1. The van der Waals surface area contributed by atoms with Crippen LogP contribution in [0, 0.1) is 11.3 Å². The lowest BCUT2D eigenvalue weighted by molar-refractivity contribution is -0.121. The Morgan fingerprint density at radius 3 is 2.60 bits per heavy atom. The van der Waals surface area contributed by atoms with Crippen LogP contribution in [0.4, 0.5) is 5.69 Å². The van der Waals surface area contributed by atoms with Gasteiger partial charge in [0, 0.05) is 25.5 Å². The zero-order valence-electron chi connectivity index (χ0n) is 14.3. The van der Waals surface area contributed by atoms with E-state index in [0.717, 1.165) is 0 Å². The summed E-state index contributed by atoms with van der Waals surface area (Å²) >= 11 is 0. The molecule has 0 bridgehead atoms. The van der Waals surface area contributed by atoms with E-state index in [1.54, 1.807) is 6.07 Å². The third-order valence-corrected chi connectivity index (χ3v) is 3.54. The largest absolute Gasteiger partial charge is 0.408 e. The van der Waals surface area contributed by atoms with Crippen molar-refractivity contribution >= 4 is 17.7 Å². The van der Waals surface area contributed by atoms with Crippen LogP contribution in [0.2, 0.25) is 0 Å². The fourth-order valence-electron chi connectivity index (χ4n) is 2.17. The van der Waals surface area contributed by atoms with Crippen molar-refractivity contribution in [2.45, 2.75) is 19.8 Å². The number of rotatable bonds is 4. The molecule has 0 aliphatic rings. The van der Waals surface area contributed by atoms with Crippen LogP contribution in [0.1, 0.15) is 31.0 Å². The van der Waals surface area contributed by atoms with Gasteiger partial charge in [-0.1, -0.05) is 19.9 Å². The van der Waals surface area contributed by atoms with Crippen molar-refractivity contribution in [3.8, 4) is 11.9 Å². The predicted molar refractivity (Wildman–Crippen MR) is 94.5 cm³/mol. The summed E-state index contributed by atoms with van der Waals surface area (Å²) in [6.45, 7) is 4.67. The molecular formula is C18H19N5O2. The number of ether oxygens (including phenoxy) is 1. The van der Waals surface area contributed by atoms with E-state index in [0.29, 0.717) is 5.92 Å². The van der Waals surface area contributed by atoms with Crippen molar-refractivity contribution < 1.29 is 9.53 Å². The zero-order chi connectivity index (χ0) is 18.2. The van der Waals surface area contributed by atoms with Crippen LogP contribution in [0.15, 0.2) is 42.7 Å². The molecule has 0 amide bonds. The van der Waals surface area contributed by atoms with Gasteiger partial charge < -0.3 is 14.5 Å². The van der Waals surface area contributed by atoms with E-state index in [-0.39, 0.29) is 18.0 Å². The third kappa shape index (κ3) is 4.54. The first-order chi connectivity index (χ1) is 12.1. The van der Waals surface area contributed by atoms with Crippen LogP contribution in [0.3, 0.4) is 0 Å². The van der Waals surface area contributed by atoms with Gasteiger partial charge in [-0.15, -0.1) is 10.2 Å².